The quantitative estimate of drug-likeness (QED) is 0.765. The third-order valence-corrected chi connectivity index (χ3v) is 3.00. The van der Waals surface area contributed by atoms with Crippen LogP contribution in [0.15, 0.2) is 48.5 Å². The maximum atomic E-state index is 12.0. The van der Waals surface area contributed by atoms with Gasteiger partial charge in [0.2, 0.25) is 0 Å². The zero-order valence-corrected chi connectivity index (χ0v) is 12.2. The zero-order valence-electron chi connectivity index (χ0n) is 12.2. The molecule has 0 radical (unpaired) electrons. The number of carbonyl (C=O) groups is 1. The summed E-state index contributed by atoms with van der Waals surface area (Å²) < 4.78 is 15.4. The third-order valence-electron chi connectivity index (χ3n) is 3.00. The Morgan fingerprint density at radius 2 is 1.71 bits per heavy atom. The monoisotopic (exact) mass is 286 g/mol. The summed E-state index contributed by atoms with van der Waals surface area (Å²) in [6, 6.07) is 14.6. The van der Waals surface area contributed by atoms with E-state index in [-0.39, 0.29) is 12.6 Å². The molecule has 2 aromatic rings. The van der Waals surface area contributed by atoms with Crippen LogP contribution in [0, 0.1) is 0 Å². The molecule has 2 rings (SSSR count). The van der Waals surface area contributed by atoms with Gasteiger partial charge in [0.25, 0.3) is 0 Å². The molecule has 0 spiro atoms. The molecule has 0 saturated heterocycles. The van der Waals surface area contributed by atoms with Gasteiger partial charge in [-0.05, 0) is 35.4 Å². The molecule has 0 aliphatic carbocycles. The number of hydrogen-bond donors (Lipinski definition) is 0. The summed E-state index contributed by atoms with van der Waals surface area (Å²) in [4.78, 5) is 12.0. The third kappa shape index (κ3) is 4.33. The minimum Gasteiger partial charge on any atom is -0.497 e. The molecule has 2 aromatic carbocycles. The van der Waals surface area contributed by atoms with Crippen LogP contribution >= 0.6 is 0 Å². The largest absolute Gasteiger partial charge is 0.497 e. The van der Waals surface area contributed by atoms with Crippen LogP contribution in [0.25, 0.3) is 0 Å². The van der Waals surface area contributed by atoms with Gasteiger partial charge in [-0.25, -0.2) is 4.79 Å². The van der Waals surface area contributed by atoms with Crippen LogP contribution in [0.1, 0.15) is 21.5 Å². The van der Waals surface area contributed by atoms with Gasteiger partial charge in [-0.2, -0.15) is 0 Å². The number of rotatable bonds is 6. The Morgan fingerprint density at radius 1 is 0.952 bits per heavy atom. The fourth-order valence-corrected chi connectivity index (χ4v) is 1.91. The highest BCUT2D eigenvalue weighted by molar-refractivity contribution is 5.89. The average molecular weight is 286 g/mol. The van der Waals surface area contributed by atoms with Crippen molar-refractivity contribution in [3.63, 3.8) is 0 Å². The van der Waals surface area contributed by atoms with Gasteiger partial charge in [-0.15, -0.1) is 0 Å². The van der Waals surface area contributed by atoms with Gasteiger partial charge in [0.15, 0.2) is 0 Å². The van der Waals surface area contributed by atoms with E-state index in [2.05, 4.69) is 0 Å². The summed E-state index contributed by atoms with van der Waals surface area (Å²) in [6.45, 7) is 0.705. The van der Waals surface area contributed by atoms with E-state index in [1.807, 2.05) is 36.4 Å². The van der Waals surface area contributed by atoms with E-state index >= 15 is 0 Å². The second kappa shape index (κ2) is 7.45. The molecule has 4 nitrogen and oxygen atoms in total. The Labute approximate surface area is 124 Å². The Morgan fingerprint density at radius 3 is 2.38 bits per heavy atom. The first-order chi connectivity index (χ1) is 10.2. The average Bonchev–Trinajstić information content (AvgIpc) is 2.53. The van der Waals surface area contributed by atoms with Crippen molar-refractivity contribution >= 4 is 5.97 Å². The minimum absolute atomic E-state index is 0.233. The van der Waals surface area contributed by atoms with Crippen LogP contribution in [-0.2, 0) is 22.7 Å². The van der Waals surface area contributed by atoms with Gasteiger partial charge in [0.1, 0.15) is 12.4 Å². The first-order valence-electron chi connectivity index (χ1n) is 6.61. The molecular formula is C17H18O4. The highest BCUT2D eigenvalue weighted by Gasteiger charge is 2.08. The van der Waals surface area contributed by atoms with E-state index < -0.39 is 0 Å². The molecule has 0 aliphatic heterocycles. The first kappa shape index (κ1) is 15.1. The van der Waals surface area contributed by atoms with Crippen molar-refractivity contribution in [1.29, 1.82) is 0 Å². The topological polar surface area (TPSA) is 44.8 Å². The summed E-state index contributed by atoms with van der Waals surface area (Å²) in [5, 5.41) is 0. The zero-order chi connectivity index (χ0) is 15.1. The summed E-state index contributed by atoms with van der Waals surface area (Å²) in [6.07, 6.45) is 0. The molecule has 0 aromatic heterocycles. The SMILES string of the molecule is COCc1cccc(C(=O)OCc2ccc(OC)cc2)c1. The Kier molecular flexibility index (Phi) is 5.35. The molecular weight excluding hydrogens is 268 g/mol. The number of hydrogen-bond acceptors (Lipinski definition) is 4. The van der Waals surface area contributed by atoms with Crippen molar-refractivity contribution in [2.45, 2.75) is 13.2 Å². The number of benzene rings is 2. The second-order valence-electron chi connectivity index (χ2n) is 4.56. The minimum atomic E-state index is -0.344. The fraction of sp³-hybridized carbons (Fsp3) is 0.235. The summed E-state index contributed by atoms with van der Waals surface area (Å²) >= 11 is 0. The molecule has 0 unspecified atom stereocenters. The lowest BCUT2D eigenvalue weighted by atomic mass is 10.1. The van der Waals surface area contributed by atoms with Crippen molar-refractivity contribution in [2.75, 3.05) is 14.2 Å². The van der Waals surface area contributed by atoms with Crippen LogP contribution in [0.3, 0.4) is 0 Å². The van der Waals surface area contributed by atoms with Crippen LogP contribution in [0.2, 0.25) is 0 Å². The molecule has 0 N–H and O–H groups in total. The number of ether oxygens (including phenoxy) is 3. The van der Waals surface area contributed by atoms with Gasteiger partial charge in [-0.3, -0.25) is 0 Å². The predicted octanol–water partition coefficient (Wildman–Crippen LogP) is 3.20. The molecule has 0 aliphatic rings. The maximum Gasteiger partial charge on any atom is 0.338 e. The van der Waals surface area contributed by atoms with E-state index in [1.165, 1.54) is 0 Å². The highest BCUT2D eigenvalue weighted by Crippen LogP contribution is 2.13. The molecule has 0 fully saturated rings. The Balaban J connectivity index is 1.95. The molecule has 0 amide bonds. The molecule has 0 saturated carbocycles. The van der Waals surface area contributed by atoms with Gasteiger partial charge < -0.3 is 14.2 Å². The molecule has 110 valence electrons. The summed E-state index contributed by atoms with van der Waals surface area (Å²) in [5.41, 5.74) is 2.38. The fourth-order valence-electron chi connectivity index (χ4n) is 1.91. The highest BCUT2D eigenvalue weighted by atomic mass is 16.5. The molecule has 21 heavy (non-hydrogen) atoms. The lowest BCUT2D eigenvalue weighted by molar-refractivity contribution is 0.0472. The molecule has 0 atom stereocenters. The van der Waals surface area contributed by atoms with Crippen molar-refractivity contribution in [1.82, 2.24) is 0 Å². The lowest BCUT2D eigenvalue weighted by Gasteiger charge is -2.07. The van der Waals surface area contributed by atoms with Crippen molar-refractivity contribution in [2.24, 2.45) is 0 Å². The van der Waals surface area contributed by atoms with E-state index in [0.29, 0.717) is 12.2 Å². The maximum absolute atomic E-state index is 12.0. The van der Waals surface area contributed by atoms with Crippen molar-refractivity contribution < 1.29 is 19.0 Å². The van der Waals surface area contributed by atoms with Crippen molar-refractivity contribution in [3.8, 4) is 5.75 Å². The number of carbonyl (C=O) groups excluding carboxylic acids is 1. The van der Waals surface area contributed by atoms with Crippen LogP contribution < -0.4 is 4.74 Å². The second-order valence-corrected chi connectivity index (χ2v) is 4.56. The smallest absolute Gasteiger partial charge is 0.338 e. The van der Waals surface area contributed by atoms with Gasteiger partial charge in [0.05, 0.1) is 19.3 Å². The van der Waals surface area contributed by atoms with Crippen LogP contribution in [-0.4, -0.2) is 20.2 Å². The van der Waals surface area contributed by atoms with Crippen molar-refractivity contribution in [3.05, 3.63) is 65.2 Å². The van der Waals surface area contributed by atoms with Gasteiger partial charge >= 0.3 is 5.97 Å². The van der Waals surface area contributed by atoms with E-state index in [9.17, 15) is 4.79 Å². The summed E-state index contributed by atoms with van der Waals surface area (Å²) in [7, 11) is 3.23. The van der Waals surface area contributed by atoms with E-state index in [0.717, 1.165) is 16.9 Å². The molecule has 0 heterocycles. The standard InChI is InChI=1S/C17H18O4/c1-19-11-14-4-3-5-15(10-14)17(18)21-12-13-6-8-16(20-2)9-7-13/h3-10H,11-12H2,1-2H3. The van der Waals surface area contributed by atoms with E-state index in [4.69, 9.17) is 14.2 Å². The number of esters is 1. The summed E-state index contributed by atoms with van der Waals surface area (Å²) in [5.74, 6) is 0.432. The van der Waals surface area contributed by atoms with Gasteiger partial charge in [-0.1, -0.05) is 24.3 Å². The lowest BCUT2D eigenvalue weighted by Crippen LogP contribution is -2.06. The van der Waals surface area contributed by atoms with Gasteiger partial charge in [0, 0.05) is 7.11 Å². The van der Waals surface area contributed by atoms with E-state index in [1.54, 1.807) is 26.4 Å². The van der Waals surface area contributed by atoms with Crippen LogP contribution in [0.5, 0.6) is 5.75 Å². The first-order valence-corrected chi connectivity index (χ1v) is 6.61. The number of methoxy groups -OCH3 is 2. The Hall–Kier alpha value is -2.33. The molecule has 0 bridgehead atoms. The Bertz CT molecular complexity index is 590. The van der Waals surface area contributed by atoms with Crippen LogP contribution in [0.4, 0.5) is 0 Å². The predicted molar refractivity (Wildman–Crippen MR) is 79.3 cm³/mol. The normalized spacial score (nSPS) is 10.2. The molecule has 4 heteroatoms.